The van der Waals surface area contributed by atoms with Crippen LogP contribution in [0.5, 0.6) is 0 Å². The number of nitrogens with one attached hydrogen (secondary N) is 1. The molecule has 0 saturated carbocycles. The monoisotopic (exact) mass is 252 g/mol. The first-order valence-corrected chi connectivity index (χ1v) is 6.65. The molecule has 94 valence electrons. The van der Waals surface area contributed by atoms with Crippen molar-refractivity contribution in [2.24, 2.45) is 0 Å². The summed E-state index contributed by atoms with van der Waals surface area (Å²) < 4.78 is 0. The first kappa shape index (κ1) is 12.9. The zero-order chi connectivity index (χ0) is 12.3. The van der Waals surface area contributed by atoms with Gasteiger partial charge >= 0.3 is 0 Å². The van der Waals surface area contributed by atoms with Gasteiger partial charge in [-0.3, -0.25) is 4.90 Å². The van der Waals surface area contributed by atoms with Crippen LogP contribution in [0.2, 0.25) is 5.02 Å². The van der Waals surface area contributed by atoms with Crippen molar-refractivity contribution < 1.29 is 0 Å². The topological polar surface area (TPSA) is 15.3 Å². The van der Waals surface area contributed by atoms with E-state index in [-0.39, 0.29) is 0 Å². The van der Waals surface area contributed by atoms with Crippen molar-refractivity contribution >= 4 is 11.6 Å². The molecule has 0 amide bonds. The molecule has 0 radical (unpaired) electrons. The Bertz CT molecular complexity index is 370. The van der Waals surface area contributed by atoms with Gasteiger partial charge in [-0.2, -0.15) is 0 Å². The summed E-state index contributed by atoms with van der Waals surface area (Å²) >= 11 is 6.00. The summed E-state index contributed by atoms with van der Waals surface area (Å²) in [6, 6.07) is 8.17. The van der Waals surface area contributed by atoms with Crippen LogP contribution in [-0.2, 0) is 6.54 Å². The first-order chi connectivity index (χ1) is 8.11. The molecule has 1 aromatic carbocycles. The van der Waals surface area contributed by atoms with Crippen LogP contribution in [0.3, 0.4) is 0 Å². The minimum absolute atomic E-state index is 0.324. The molecule has 2 rings (SSSR count). The summed E-state index contributed by atoms with van der Waals surface area (Å²) in [5.74, 6) is 0. The highest BCUT2D eigenvalue weighted by Gasteiger charge is 2.27. The second-order valence-electron chi connectivity index (χ2n) is 5.22. The highest BCUT2D eigenvalue weighted by Crippen LogP contribution is 2.22. The Labute approximate surface area is 109 Å². The Morgan fingerprint density at radius 1 is 1.35 bits per heavy atom. The van der Waals surface area contributed by atoms with Gasteiger partial charge in [0, 0.05) is 30.2 Å². The van der Waals surface area contributed by atoms with E-state index in [0.717, 1.165) is 24.7 Å². The van der Waals surface area contributed by atoms with Crippen molar-refractivity contribution in [3.63, 3.8) is 0 Å². The third kappa shape index (κ3) is 3.44. The van der Waals surface area contributed by atoms with Gasteiger partial charge in [-0.05, 0) is 44.5 Å². The Kier molecular flexibility index (Phi) is 4.08. The summed E-state index contributed by atoms with van der Waals surface area (Å²) in [7, 11) is 2.06. The molecular weight excluding hydrogens is 232 g/mol. The van der Waals surface area contributed by atoms with Crippen LogP contribution in [0.1, 0.15) is 25.3 Å². The summed E-state index contributed by atoms with van der Waals surface area (Å²) in [6.07, 6.45) is 2.42. The van der Waals surface area contributed by atoms with Gasteiger partial charge in [-0.1, -0.05) is 23.7 Å². The number of rotatable bonds is 3. The molecule has 2 nitrogen and oxygen atoms in total. The van der Waals surface area contributed by atoms with Crippen molar-refractivity contribution in [2.75, 3.05) is 20.1 Å². The van der Waals surface area contributed by atoms with E-state index >= 15 is 0 Å². The number of halogens is 1. The summed E-state index contributed by atoms with van der Waals surface area (Å²) in [6.45, 7) is 5.64. The van der Waals surface area contributed by atoms with Crippen LogP contribution in [0.15, 0.2) is 24.3 Å². The fourth-order valence-corrected chi connectivity index (χ4v) is 2.56. The average Bonchev–Trinajstić information content (AvgIpc) is 2.33. The van der Waals surface area contributed by atoms with E-state index in [0.29, 0.717) is 5.54 Å². The molecule has 1 aliphatic rings. The Morgan fingerprint density at radius 2 is 2.06 bits per heavy atom. The Hall–Kier alpha value is -0.570. The van der Waals surface area contributed by atoms with Crippen LogP contribution >= 0.6 is 11.6 Å². The number of benzene rings is 1. The first-order valence-electron chi connectivity index (χ1n) is 6.27. The van der Waals surface area contributed by atoms with Gasteiger partial charge in [-0.25, -0.2) is 0 Å². The van der Waals surface area contributed by atoms with E-state index < -0.39 is 0 Å². The minimum atomic E-state index is 0.324. The van der Waals surface area contributed by atoms with Gasteiger partial charge in [0.1, 0.15) is 0 Å². The van der Waals surface area contributed by atoms with Crippen LogP contribution in [-0.4, -0.2) is 30.6 Å². The quantitative estimate of drug-likeness (QED) is 0.890. The van der Waals surface area contributed by atoms with Gasteiger partial charge < -0.3 is 5.32 Å². The smallest absolute Gasteiger partial charge is 0.0409 e. The lowest BCUT2D eigenvalue weighted by Gasteiger charge is -2.39. The van der Waals surface area contributed by atoms with Crippen molar-refractivity contribution in [3.8, 4) is 0 Å². The molecule has 3 heteroatoms. The molecule has 0 aliphatic carbocycles. The summed E-state index contributed by atoms with van der Waals surface area (Å²) in [4.78, 5) is 2.50. The summed E-state index contributed by atoms with van der Waals surface area (Å²) in [5.41, 5.74) is 1.63. The van der Waals surface area contributed by atoms with Crippen LogP contribution < -0.4 is 5.32 Å². The number of hydrogen-bond acceptors (Lipinski definition) is 2. The molecule has 1 heterocycles. The van der Waals surface area contributed by atoms with E-state index in [2.05, 4.69) is 36.3 Å². The molecule has 1 aromatic rings. The predicted molar refractivity (Wildman–Crippen MR) is 73.4 cm³/mol. The zero-order valence-corrected chi connectivity index (χ0v) is 11.4. The molecule has 1 saturated heterocycles. The molecule has 0 spiro atoms. The maximum atomic E-state index is 6.00. The van der Waals surface area contributed by atoms with Crippen LogP contribution in [0.4, 0.5) is 0 Å². The zero-order valence-electron chi connectivity index (χ0n) is 10.7. The lowest BCUT2D eigenvalue weighted by atomic mass is 9.90. The fourth-order valence-electron chi connectivity index (χ4n) is 2.35. The number of piperidine rings is 1. The Balaban J connectivity index is 1.90. The van der Waals surface area contributed by atoms with E-state index in [1.54, 1.807) is 0 Å². The highest BCUT2D eigenvalue weighted by atomic mass is 35.5. The third-order valence-electron chi connectivity index (χ3n) is 3.86. The SMILES string of the molecule is CNC1(C)CCN(Cc2cccc(Cl)c2)CC1. The largest absolute Gasteiger partial charge is 0.314 e. The molecular formula is C14H21ClN2. The van der Waals surface area contributed by atoms with E-state index in [4.69, 9.17) is 11.6 Å². The van der Waals surface area contributed by atoms with Gasteiger partial charge in [0.05, 0.1) is 0 Å². The predicted octanol–water partition coefficient (Wildman–Crippen LogP) is 2.91. The molecule has 1 aliphatic heterocycles. The van der Waals surface area contributed by atoms with Gasteiger partial charge in [-0.15, -0.1) is 0 Å². The standard InChI is InChI=1S/C14H21ClN2/c1-14(16-2)6-8-17(9-7-14)11-12-4-3-5-13(15)10-12/h3-5,10,16H,6-9,11H2,1-2H3. The van der Waals surface area contributed by atoms with E-state index in [9.17, 15) is 0 Å². The second kappa shape index (κ2) is 5.38. The number of nitrogens with zero attached hydrogens (tertiary/aromatic N) is 1. The van der Waals surface area contributed by atoms with Crippen LogP contribution in [0, 0.1) is 0 Å². The molecule has 0 atom stereocenters. The number of hydrogen-bond donors (Lipinski definition) is 1. The average molecular weight is 253 g/mol. The normalized spacial score (nSPS) is 20.4. The molecule has 0 aromatic heterocycles. The molecule has 1 fully saturated rings. The van der Waals surface area contributed by atoms with Gasteiger partial charge in [0.25, 0.3) is 0 Å². The van der Waals surface area contributed by atoms with Gasteiger partial charge in [0.15, 0.2) is 0 Å². The second-order valence-corrected chi connectivity index (χ2v) is 5.65. The molecule has 17 heavy (non-hydrogen) atoms. The van der Waals surface area contributed by atoms with Crippen molar-refractivity contribution in [1.29, 1.82) is 0 Å². The van der Waals surface area contributed by atoms with Crippen molar-refractivity contribution in [1.82, 2.24) is 10.2 Å². The lowest BCUT2D eigenvalue weighted by molar-refractivity contribution is 0.146. The van der Waals surface area contributed by atoms with Gasteiger partial charge in [0.2, 0.25) is 0 Å². The fraction of sp³-hybridized carbons (Fsp3) is 0.571. The van der Waals surface area contributed by atoms with E-state index in [1.165, 1.54) is 18.4 Å². The Morgan fingerprint density at radius 3 is 2.65 bits per heavy atom. The number of likely N-dealkylation sites (tertiary alicyclic amines) is 1. The van der Waals surface area contributed by atoms with E-state index in [1.807, 2.05) is 12.1 Å². The maximum absolute atomic E-state index is 6.00. The summed E-state index contributed by atoms with van der Waals surface area (Å²) in [5, 5.41) is 4.26. The van der Waals surface area contributed by atoms with Crippen molar-refractivity contribution in [3.05, 3.63) is 34.9 Å². The van der Waals surface area contributed by atoms with Crippen molar-refractivity contribution in [2.45, 2.75) is 31.8 Å². The molecule has 0 bridgehead atoms. The molecule has 0 unspecified atom stereocenters. The van der Waals surface area contributed by atoms with Crippen LogP contribution in [0.25, 0.3) is 0 Å². The minimum Gasteiger partial charge on any atom is -0.314 e. The third-order valence-corrected chi connectivity index (χ3v) is 4.09. The maximum Gasteiger partial charge on any atom is 0.0409 e. The molecule has 1 N–H and O–H groups in total. The lowest BCUT2D eigenvalue weighted by Crippen LogP contribution is -2.49. The highest BCUT2D eigenvalue weighted by molar-refractivity contribution is 6.30.